The lowest BCUT2D eigenvalue weighted by Gasteiger charge is -2.19. The summed E-state index contributed by atoms with van der Waals surface area (Å²) < 4.78 is 0. The SMILES string of the molecule is N#CC1=C(Nc2ccc(Cl)cc2)c2ncccc2CC1=O. The summed E-state index contributed by atoms with van der Waals surface area (Å²) in [6.45, 7) is 0. The molecule has 0 fully saturated rings. The van der Waals surface area contributed by atoms with Crippen molar-refractivity contribution < 1.29 is 4.79 Å². The molecule has 4 nitrogen and oxygen atoms in total. The Hall–Kier alpha value is -2.64. The first kappa shape index (κ1) is 13.3. The Kier molecular flexibility index (Phi) is 3.43. The molecule has 102 valence electrons. The van der Waals surface area contributed by atoms with Crippen molar-refractivity contribution in [1.82, 2.24) is 4.98 Å². The maximum Gasteiger partial charge on any atom is 0.180 e. The Morgan fingerprint density at radius 2 is 2.00 bits per heavy atom. The van der Waals surface area contributed by atoms with Crippen molar-refractivity contribution in [2.75, 3.05) is 5.32 Å². The summed E-state index contributed by atoms with van der Waals surface area (Å²) in [4.78, 5) is 16.4. The molecule has 1 aromatic carbocycles. The smallest absolute Gasteiger partial charge is 0.180 e. The molecule has 3 rings (SSSR count). The zero-order valence-electron chi connectivity index (χ0n) is 10.9. The van der Waals surface area contributed by atoms with E-state index in [1.54, 1.807) is 36.5 Å². The van der Waals surface area contributed by atoms with E-state index in [0.29, 0.717) is 16.4 Å². The first-order chi connectivity index (χ1) is 10.2. The summed E-state index contributed by atoms with van der Waals surface area (Å²) in [5.41, 5.74) is 2.76. The van der Waals surface area contributed by atoms with Crippen LogP contribution in [0.1, 0.15) is 11.3 Å². The number of fused-ring (bicyclic) bond motifs is 1. The minimum absolute atomic E-state index is 0.108. The quantitative estimate of drug-likeness (QED) is 0.924. The van der Waals surface area contributed by atoms with Crippen molar-refractivity contribution in [1.29, 1.82) is 5.26 Å². The van der Waals surface area contributed by atoms with Gasteiger partial charge in [-0.05, 0) is 35.9 Å². The number of nitriles is 1. The zero-order chi connectivity index (χ0) is 14.8. The molecule has 0 bridgehead atoms. The highest BCUT2D eigenvalue weighted by Crippen LogP contribution is 2.29. The number of Topliss-reactive ketones (excluding diaryl/α,β-unsaturated/α-hetero) is 1. The van der Waals surface area contributed by atoms with E-state index < -0.39 is 0 Å². The number of aromatic nitrogens is 1. The van der Waals surface area contributed by atoms with Crippen molar-refractivity contribution in [3.05, 3.63) is 64.4 Å². The number of benzene rings is 1. The first-order valence-electron chi connectivity index (χ1n) is 6.33. The maximum atomic E-state index is 12.1. The second-order valence-corrected chi connectivity index (χ2v) is 5.04. The molecule has 0 radical (unpaired) electrons. The number of ketones is 1. The average molecular weight is 296 g/mol. The highest BCUT2D eigenvalue weighted by molar-refractivity contribution is 6.30. The third-order valence-electron chi connectivity index (χ3n) is 3.23. The molecule has 1 aromatic heterocycles. The number of rotatable bonds is 2. The van der Waals surface area contributed by atoms with E-state index in [1.807, 2.05) is 12.1 Å². The lowest BCUT2D eigenvalue weighted by Crippen LogP contribution is -2.19. The van der Waals surface area contributed by atoms with E-state index in [0.717, 1.165) is 11.3 Å². The Morgan fingerprint density at radius 3 is 2.71 bits per heavy atom. The maximum absolute atomic E-state index is 12.1. The van der Waals surface area contributed by atoms with E-state index in [9.17, 15) is 10.1 Å². The van der Waals surface area contributed by atoms with Crippen LogP contribution in [0.15, 0.2) is 48.2 Å². The van der Waals surface area contributed by atoms with Crippen LogP contribution < -0.4 is 5.32 Å². The van der Waals surface area contributed by atoms with Gasteiger partial charge in [0.2, 0.25) is 0 Å². The van der Waals surface area contributed by atoms with Crippen molar-refractivity contribution in [3.8, 4) is 6.07 Å². The summed E-state index contributed by atoms with van der Waals surface area (Å²) >= 11 is 5.86. The van der Waals surface area contributed by atoms with Gasteiger partial charge < -0.3 is 5.32 Å². The van der Waals surface area contributed by atoms with E-state index >= 15 is 0 Å². The fourth-order valence-corrected chi connectivity index (χ4v) is 2.37. The van der Waals surface area contributed by atoms with Gasteiger partial charge in [0.15, 0.2) is 5.78 Å². The summed E-state index contributed by atoms with van der Waals surface area (Å²) in [5, 5.41) is 13.0. The van der Waals surface area contributed by atoms with Gasteiger partial charge >= 0.3 is 0 Å². The standard InChI is InChI=1S/C16H10ClN3O/c17-11-3-5-12(6-4-11)20-16-13(9-18)14(21)8-10-2-1-7-19-15(10)16/h1-7,20H,8H2. The van der Waals surface area contributed by atoms with E-state index in [2.05, 4.69) is 10.3 Å². The number of anilines is 1. The zero-order valence-corrected chi connectivity index (χ0v) is 11.7. The summed E-state index contributed by atoms with van der Waals surface area (Å²) in [6.07, 6.45) is 1.85. The number of hydrogen-bond acceptors (Lipinski definition) is 4. The van der Waals surface area contributed by atoms with Crippen LogP contribution in [0.3, 0.4) is 0 Å². The normalized spacial score (nSPS) is 13.6. The number of nitrogens with one attached hydrogen (secondary N) is 1. The van der Waals surface area contributed by atoms with Crippen LogP contribution in [0.2, 0.25) is 5.02 Å². The largest absolute Gasteiger partial charge is 0.353 e. The number of nitrogens with zero attached hydrogens (tertiary/aromatic N) is 2. The molecule has 0 amide bonds. The molecule has 5 heteroatoms. The van der Waals surface area contributed by atoms with Crippen LogP contribution in [-0.4, -0.2) is 10.8 Å². The molecule has 21 heavy (non-hydrogen) atoms. The Balaban J connectivity index is 2.09. The molecule has 1 N–H and O–H groups in total. The molecular formula is C16H10ClN3O. The predicted molar refractivity (Wildman–Crippen MR) is 80.6 cm³/mol. The van der Waals surface area contributed by atoms with Gasteiger partial charge in [0.25, 0.3) is 0 Å². The van der Waals surface area contributed by atoms with Crippen LogP contribution in [-0.2, 0) is 11.2 Å². The molecule has 1 aliphatic rings. The van der Waals surface area contributed by atoms with Crippen LogP contribution >= 0.6 is 11.6 Å². The summed E-state index contributed by atoms with van der Waals surface area (Å²) in [5.74, 6) is -0.200. The molecule has 1 heterocycles. The molecule has 1 aliphatic carbocycles. The highest BCUT2D eigenvalue weighted by Gasteiger charge is 2.26. The molecule has 0 aliphatic heterocycles. The van der Waals surface area contributed by atoms with Gasteiger partial charge in [0.1, 0.15) is 11.6 Å². The lowest BCUT2D eigenvalue weighted by atomic mass is 9.92. The van der Waals surface area contributed by atoms with Gasteiger partial charge in [0.05, 0.1) is 11.4 Å². The van der Waals surface area contributed by atoms with Gasteiger partial charge in [-0.2, -0.15) is 5.26 Å². The third kappa shape index (κ3) is 2.51. The Morgan fingerprint density at radius 1 is 1.24 bits per heavy atom. The van der Waals surface area contributed by atoms with Crippen LogP contribution in [0.5, 0.6) is 0 Å². The summed E-state index contributed by atoms with van der Waals surface area (Å²) in [6, 6.07) is 12.6. The number of allylic oxidation sites excluding steroid dienone is 1. The molecule has 0 spiro atoms. The molecule has 0 atom stereocenters. The van der Waals surface area contributed by atoms with Gasteiger partial charge in [-0.3, -0.25) is 9.78 Å². The molecule has 0 saturated heterocycles. The minimum Gasteiger partial charge on any atom is -0.353 e. The predicted octanol–water partition coefficient (Wildman–Crippen LogP) is 3.21. The van der Waals surface area contributed by atoms with Crippen LogP contribution in [0, 0.1) is 11.3 Å². The van der Waals surface area contributed by atoms with Gasteiger partial charge in [-0.25, -0.2) is 0 Å². The molecule has 0 unspecified atom stereocenters. The van der Waals surface area contributed by atoms with E-state index in [4.69, 9.17) is 11.6 Å². The van der Waals surface area contributed by atoms with Gasteiger partial charge in [-0.1, -0.05) is 17.7 Å². The topological polar surface area (TPSA) is 65.8 Å². The monoisotopic (exact) mass is 295 g/mol. The molecular weight excluding hydrogens is 286 g/mol. The fraction of sp³-hybridized carbons (Fsp3) is 0.0625. The third-order valence-corrected chi connectivity index (χ3v) is 3.49. The van der Waals surface area contributed by atoms with Crippen molar-refractivity contribution >= 4 is 28.8 Å². The Labute approximate surface area is 126 Å². The Bertz CT molecular complexity index is 788. The summed E-state index contributed by atoms with van der Waals surface area (Å²) in [7, 11) is 0. The second kappa shape index (κ2) is 5.39. The number of hydrogen-bond donors (Lipinski definition) is 1. The van der Waals surface area contributed by atoms with E-state index in [-0.39, 0.29) is 17.8 Å². The second-order valence-electron chi connectivity index (χ2n) is 4.60. The minimum atomic E-state index is -0.200. The highest BCUT2D eigenvalue weighted by atomic mass is 35.5. The fourth-order valence-electron chi connectivity index (χ4n) is 2.24. The van der Waals surface area contributed by atoms with Crippen LogP contribution in [0.4, 0.5) is 5.69 Å². The first-order valence-corrected chi connectivity index (χ1v) is 6.71. The number of halogens is 1. The van der Waals surface area contributed by atoms with Crippen molar-refractivity contribution in [2.24, 2.45) is 0 Å². The van der Waals surface area contributed by atoms with Crippen molar-refractivity contribution in [3.63, 3.8) is 0 Å². The molecule has 0 saturated carbocycles. The average Bonchev–Trinajstić information content (AvgIpc) is 2.49. The number of carbonyl (C=O) groups excluding carboxylic acids is 1. The van der Waals surface area contributed by atoms with Crippen molar-refractivity contribution in [2.45, 2.75) is 6.42 Å². The lowest BCUT2D eigenvalue weighted by molar-refractivity contribution is -0.114. The number of pyridine rings is 1. The number of carbonyl (C=O) groups is 1. The van der Waals surface area contributed by atoms with E-state index in [1.165, 1.54) is 0 Å². The van der Waals surface area contributed by atoms with Crippen LogP contribution in [0.25, 0.3) is 5.70 Å². The van der Waals surface area contributed by atoms with Gasteiger partial charge in [-0.15, -0.1) is 0 Å². The van der Waals surface area contributed by atoms with Gasteiger partial charge in [0, 0.05) is 23.3 Å². The molecule has 2 aromatic rings.